The summed E-state index contributed by atoms with van der Waals surface area (Å²) in [6, 6.07) is 0. The van der Waals surface area contributed by atoms with E-state index in [0.29, 0.717) is 0 Å². The molecule has 0 bridgehead atoms. The maximum absolute atomic E-state index is 12.0. The fourth-order valence-electron chi connectivity index (χ4n) is 3.06. The number of imidazole rings is 1. The molecule has 0 radical (unpaired) electrons. The summed E-state index contributed by atoms with van der Waals surface area (Å²) >= 11 is 0. The van der Waals surface area contributed by atoms with Gasteiger partial charge < -0.3 is 30.6 Å². The molecule has 1 amide bonds. The van der Waals surface area contributed by atoms with E-state index in [1.807, 2.05) is 0 Å². The van der Waals surface area contributed by atoms with Crippen molar-refractivity contribution in [1.82, 2.24) is 24.8 Å². The summed E-state index contributed by atoms with van der Waals surface area (Å²) in [6.45, 7) is 1.72. The minimum Gasteiger partial charge on any atom is -0.382 e. The summed E-state index contributed by atoms with van der Waals surface area (Å²) < 4.78 is 6.70. The predicted octanol–water partition coefficient (Wildman–Crippen LogP) is -2.04. The number of hydrogen-bond acceptors (Lipinski definition) is 13. The van der Waals surface area contributed by atoms with E-state index in [9.17, 15) is 30.1 Å². The second kappa shape index (κ2) is 8.25. The number of amides is 1. The number of ether oxygens (including phenoxy) is 1. The van der Waals surface area contributed by atoms with E-state index in [1.165, 1.54) is 0 Å². The van der Waals surface area contributed by atoms with Crippen molar-refractivity contribution in [1.29, 1.82) is 0 Å². The molecule has 4 N–H and O–H groups in total. The van der Waals surface area contributed by atoms with Crippen LogP contribution in [0.4, 0.5) is 5.82 Å². The number of carbonyl (C=O) groups excluding carboxylic acids is 1. The Balaban J connectivity index is 2.05. The van der Waals surface area contributed by atoms with Gasteiger partial charge in [-0.1, -0.05) is 0 Å². The van der Waals surface area contributed by atoms with Gasteiger partial charge in [-0.25, -0.2) is 15.0 Å². The van der Waals surface area contributed by atoms with Gasteiger partial charge >= 0.3 is 0 Å². The molecule has 3 rings (SSSR count). The highest BCUT2D eigenvalue weighted by Gasteiger charge is 2.54. The van der Waals surface area contributed by atoms with Crippen LogP contribution in [0.1, 0.15) is 13.2 Å². The monoisotopic (exact) mass is 428 g/mol. The molecule has 1 aliphatic rings. The third-order valence-corrected chi connectivity index (χ3v) is 4.23. The van der Waals surface area contributed by atoms with Gasteiger partial charge in [0.25, 0.3) is 16.1 Å². The van der Waals surface area contributed by atoms with Crippen LogP contribution in [-0.4, -0.2) is 71.7 Å². The van der Waals surface area contributed by atoms with Crippen LogP contribution in [0.3, 0.4) is 0 Å². The van der Waals surface area contributed by atoms with Crippen molar-refractivity contribution in [2.45, 2.75) is 37.6 Å². The quantitative estimate of drug-likeness (QED) is 0.304. The van der Waals surface area contributed by atoms with Crippen LogP contribution in [0, 0.1) is 20.2 Å². The SMILES string of the molecule is CCNC(=O)C(O)[C@H]1O[C@@H](n2cnc3c(N)ncnc32)[C@H](O[N+](=O)[O-])[C@@H]1O[N+](=O)[O-]. The maximum Gasteiger partial charge on any atom is 0.295 e. The molecule has 0 spiro atoms. The fourth-order valence-corrected chi connectivity index (χ4v) is 3.06. The topological polar surface area (TPSA) is 233 Å². The van der Waals surface area contributed by atoms with Gasteiger partial charge in [0.15, 0.2) is 36.0 Å². The number of rotatable bonds is 8. The Morgan fingerprint density at radius 2 is 2.00 bits per heavy atom. The summed E-state index contributed by atoms with van der Waals surface area (Å²) in [5.41, 5.74) is 5.90. The highest BCUT2D eigenvalue weighted by atomic mass is 17.0. The number of aliphatic hydroxyl groups excluding tert-OH is 1. The van der Waals surface area contributed by atoms with Gasteiger partial charge in [-0.2, -0.15) is 0 Å². The second-order valence-corrected chi connectivity index (χ2v) is 6.00. The van der Waals surface area contributed by atoms with E-state index in [1.54, 1.807) is 6.92 Å². The molecule has 3 heterocycles. The number of aromatic nitrogens is 4. The summed E-state index contributed by atoms with van der Waals surface area (Å²) in [4.78, 5) is 54.8. The van der Waals surface area contributed by atoms with Gasteiger partial charge in [0.05, 0.1) is 6.33 Å². The van der Waals surface area contributed by atoms with Gasteiger partial charge in [-0.3, -0.25) is 9.36 Å². The second-order valence-electron chi connectivity index (χ2n) is 6.00. The molecule has 0 aliphatic carbocycles. The molecule has 17 heteroatoms. The molecule has 2 aromatic heterocycles. The number of carbonyl (C=O) groups is 1. The molecule has 1 fully saturated rings. The van der Waals surface area contributed by atoms with Gasteiger partial charge in [-0.05, 0) is 6.92 Å². The van der Waals surface area contributed by atoms with Gasteiger partial charge in [0.1, 0.15) is 17.9 Å². The van der Waals surface area contributed by atoms with Crippen molar-refractivity contribution in [2.24, 2.45) is 0 Å². The van der Waals surface area contributed by atoms with E-state index >= 15 is 0 Å². The van der Waals surface area contributed by atoms with Crippen molar-refractivity contribution < 1.29 is 34.5 Å². The van der Waals surface area contributed by atoms with E-state index in [-0.39, 0.29) is 23.5 Å². The lowest BCUT2D eigenvalue weighted by Gasteiger charge is -2.22. The van der Waals surface area contributed by atoms with Crippen LogP contribution < -0.4 is 11.1 Å². The molecule has 2 aromatic rings. The number of fused-ring (bicyclic) bond motifs is 1. The van der Waals surface area contributed by atoms with Crippen molar-refractivity contribution in [3.8, 4) is 0 Å². The zero-order valence-electron chi connectivity index (χ0n) is 15.2. The fraction of sp³-hybridized carbons (Fsp3) is 0.538. The Labute approximate surface area is 166 Å². The third kappa shape index (κ3) is 3.82. The lowest BCUT2D eigenvalue weighted by Crippen LogP contribution is -2.49. The van der Waals surface area contributed by atoms with E-state index in [2.05, 4.69) is 29.9 Å². The molecule has 1 unspecified atom stereocenters. The van der Waals surface area contributed by atoms with E-state index in [0.717, 1.165) is 17.2 Å². The highest BCUT2D eigenvalue weighted by Crippen LogP contribution is 2.37. The van der Waals surface area contributed by atoms with Crippen LogP contribution >= 0.6 is 0 Å². The average molecular weight is 428 g/mol. The normalized spacial score (nSPS) is 24.3. The van der Waals surface area contributed by atoms with Crippen LogP contribution in [-0.2, 0) is 19.2 Å². The largest absolute Gasteiger partial charge is 0.382 e. The van der Waals surface area contributed by atoms with Crippen molar-refractivity contribution in [3.63, 3.8) is 0 Å². The zero-order chi connectivity index (χ0) is 22.0. The van der Waals surface area contributed by atoms with E-state index < -0.39 is 46.7 Å². The minimum atomic E-state index is -1.97. The number of nitrogens with one attached hydrogen (secondary N) is 1. The van der Waals surface area contributed by atoms with Crippen LogP contribution in [0.25, 0.3) is 11.2 Å². The van der Waals surface area contributed by atoms with Gasteiger partial charge in [0, 0.05) is 6.54 Å². The Hall–Kier alpha value is -3.86. The minimum absolute atomic E-state index is 0.000455. The zero-order valence-corrected chi connectivity index (χ0v) is 15.2. The summed E-state index contributed by atoms with van der Waals surface area (Å²) in [6.07, 6.45) is -6.53. The Morgan fingerprint density at radius 3 is 2.63 bits per heavy atom. The van der Waals surface area contributed by atoms with Crippen LogP contribution in [0.15, 0.2) is 12.7 Å². The number of likely N-dealkylation sites (N-methyl/N-ethyl adjacent to an activating group) is 1. The molecule has 162 valence electrons. The first-order valence-corrected chi connectivity index (χ1v) is 8.41. The van der Waals surface area contributed by atoms with Crippen LogP contribution in [0.5, 0.6) is 0 Å². The number of aliphatic hydroxyl groups is 1. The van der Waals surface area contributed by atoms with Crippen molar-refractivity contribution in [3.05, 3.63) is 32.9 Å². The number of nitrogens with zero attached hydrogens (tertiary/aromatic N) is 6. The lowest BCUT2D eigenvalue weighted by molar-refractivity contribution is -0.798. The van der Waals surface area contributed by atoms with E-state index in [4.69, 9.17) is 10.5 Å². The summed E-state index contributed by atoms with van der Waals surface area (Å²) in [5, 5.41) is 32.2. The summed E-state index contributed by atoms with van der Waals surface area (Å²) in [5.74, 6) is -0.928. The number of anilines is 1. The molecule has 1 saturated heterocycles. The molecular weight excluding hydrogens is 412 g/mol. The molecule has 0 saturated carbocycles. The highest BCUT2D eigenvalue weighted by molar-refractivity contribution is 5.82. The summed E-state index contributed by atoms with van der Waals surface area (Å²) in [7, 11) is 0. The van der Waals surface area contributed by atoms with Gasteiger partial charge in [0.2, 0.25) is 0 Å². The third-order valence-electron chi connectivity index (χ3n) is 4.23. The number of hydrogen-bond donors (Lipinski definition) is 3. The van der Waals surface area contributed by atoms with Crippen LogP contribution in [0.2, 0.25) is 0 Å². The lowest BCUT2D eigenvalue weighted by atomic mass is 10.0. The first kappa shape index (κ1) is 20.9. The van der Waals surface area contributed by atoms with Gasteiger partial charge in [-0.15, -0.1) is 20.2 Å². The van der Waals surface area contributed by atoms with Crippen molar-refractivity contribution in [2.75, 3.05) is 12.3 Å². The molecule has 1 aliphatic heterocycles. The molecular formula is C13H16N8O9. The number of nitrogens with two attached hydrogens (primary N) is 1. The standard InChI is InChI=1S/C13H16N8O9/c1-2-15-12(23)6(22)7-8(29-20(24)25)9(30-21(26)27)13(28-7)19-4-18-5-10(14)16-3-17-11(5)19/h3-4,6-9,13,22H,2H2,1H3,(H,15,23)(H2,14,16,17)/t6?,7-,8-,9-,13-/m1/s1. The molecule has 0 aromatic carbocycles. The smallest absolute Gasteiger partial charge is 0.295 e. The first-order valence-electron chi connectivity index (χ1n) is 8.41. The molecule has 30 heavy (non-hydrogen) atoms. The Kier molecular flexibility index (Phi) is 5.74. The maximum atomic E-state index is 12.0. The Morgan fingerprint density at radius 1 is 1.33 bits per heavy atom. The predicted molar refractivity (Wildman–Crippen MR) is 92.1 cm³/mol. The first-order chi connectivity index (χ1) is 14.2. The van der Waals surface area contributed by atoms with Crippen molar-refractivity contribution >= 4 is 22.9 Å². The molecule has 5 atom stereocenters. The Bertz CT molecular complexity index is 967. The molecule has 17 nitrogen and oxygen atoms in total. The number of nitrogen functional groups attached to an aromatic ring is 1. The average Bonchev–Trinajstić information content (AvgIpc) is 3.24.